The smallest absolute Gasteiger partial charge is 0.274 e. The normalized spacial score (nSPS) is 12.2. The van der Waals surface area contributed by atoms with Crippen LogP contribution in [0.5, 0.6) is 0 Å². The predicted octanol–water partition coefficient (Wildman–Crippen LogP) is 0.930. The van der Waals surface area contributed by atoms with Crippen LogP contribution in [0.1, 0.15) is 0 Å². The number of hydrogen-bond donors (Lipinski definition) is 0. The molecule has 1 aromatic heterocycles. The van der Waals surface area contributed by atoms with Crippen LogP contribution in [0.25, 0.3) is 0 Å². The highest BCUT2D eigenvalue weighted by Crippen LogP contribution is 2.19. The van der Waals surface area contributed by atoms with Crippen molar-refractivity contribution in [3.05, 3.63) is 17.5 Å². The van der Waals surface area contributed by atoms with Gasteiger partial charge in [-0.1, -0.05) is 10.5 Å². The molecule has 6 heteroatoms. The fourth-order valence-corrected chi connectivity index (χ4v) is 2.75. The van der Waals surface area contributed by atoms with Gasteiger partial charge in [0.2, 0.25) is 0 Å². The van der Waals surface area contributed by atoms with Crippen LogP contribution < -0.4 is 0 Å². The van der Waals surface area contributed by atoms with E-state index in [4.69, 9.17) is 0 Å². The molecule has 1 aromatic rings. The molecule has 0 N–H and O–H groups in total. The van der Waals surface area contributed by atoms with Gasteiger partial charge in [0.05, 0.1) is 7.11 Å². The van der Waals surface area contributed by atoms with Gasteiger partial charge in [0.1, 0.15) is 4.21 Å². The summed E-state index contributed by atoms with van der Waals surface area (Å²) < 4.78 is 24.0. The van der Waals surface area contributed by atoms with Gasteiger partial charge in [-0.05, 0) is 11.4 Å². The third-order valence-electron chi connectivity index (χ3n) is 1.34. The molecule has 1 heterocycles. The van der Waals surface area contributed by atoms with E-state index in [1.807, 2.05) is 0 Å². The third-order valence-corrected chi connectivity index (χ3v) is 4.40. The molecule has 4 nitrogen and oxygen atoms in total. The quantitative estimate of drug-likeness (QED) is 0.693. The van der Waals surface area contributed by atoms with E-state index in [2.05, 4.69) is 4.84 Å². The first-order valence-electron chi connectivity index (χ1n) is 3.15. The molecule has 68 valence electrons. The van der Waals surface area contributed by atoms with Crippen molar-refractivity contribution in [2.24, 2.45) is 0 Å². The Morgan fingerprint density at radius 2 is 2.25 bits per heavy atom. The van der Waals surface area contributed by atoms with Crippen LogP contribution in [0.3, 0.4) is 0 Å². The lowest BCUT2D eigenvalue weighted by atomic mass is 10.7. The number of sulfonamides is 1. The summed E-state index contributed by atoms with van der Waals surface area (Å²) >= 11 is 1.16. The van der Waals surface area contributed by atoms with E-state index >= 15 is 0 Å². The van der Waals surface area contributed by atoms with Gasteiger partial charge >= 0.3 is 0 Å². The number of thiophene rings is 1. The Labute approximate surface area is 75.4 Å². The Bertz CT molecular complexity index is 330. The molecule has 0 bridgehead atoms. The molecule has 0 unspecified atom stereocenters. The van der Waals surface area contributed by atoms with E-state index in [0.717, 1.165) is 15.8 Å². The summed E-state index contributed by atoms with van der Waals surface area (Å²) in [6.45, 7) is 0. The highest BCUT2D eigenvalue weighted by molar-refractivity contribution is 7.91. The van der Waals surface area contributed by atoms with Crippen LogP contribution in [0.4, 0.5) is 0 Å². The molecule has 0 fully saturated rings. The van der Waals surface area contributed by atoms with Crippen molar-refractivity contribution in [2.75, 3.05) is 14.2 Å². The highest BCUT2D eigenvalue weighted by atomic mass is 32.2. The van der Waals surface area contributed by atoms with Gasteiger partial charge in [-0.25, -0.2) is 8.42 Å². The van der Waals surface area contributed by atoms with Gasteiger partial charge in [-0.15, -0.1) is 11.3 Å². The van der Waals surface area contributed by atoms with Crippen LogP contribution in [0.2, 0.25) is 0 Å². The second-order valence-electron chi connectivity index (χ2n) is 2.03. The van der Waals surface area contributed by atoms with Crippen molar-refractivity contribution in [2.45, 2.75) is 4.21 Å². The van der Waals surface area contributed by atoms with Crippen molar-refractivity contribution >= 4 is 21.4 Å². The van der Waals surface area contributed by atoms with Gasteiger partial charge < -0.3 is 0 Å². The largest absolute Gasteiger partial charge is 0.288 e. The van der Waals surface area contributed by atoms with E-state index in [0.29, 0.717) is 0 Å². The first-order valence-corrected chi connectivity index (χ1v) is 5.47. The topological polar surface area (TPSA) is 46.6 Å². The molecule has 1 rings (SSSR count). The second kappa shape index (κ2) is 3.53. The molecule has 0 aromatic carbocycles. The standard InChI is InChI=1S/C6H9NO3S2/c1-7(10-2)12(8,9)6-4-3-5-11-6/h3-5H,1-2H3. The van der Waals surface area contributed by atoms with E-state index < -0.39 is 10.0 Å². The fraction of sp³-hybridized carbons (Fsp3) is 0.333. The average molecular weight is 207 g/mol. The van der Waals surface area contributed by atoms with Crippen molar-refractivity contribution in [1.29, 1.82) is 0 Å². The molecular weight excluding hydrogens is 198 g/mol. The summed E-state index contributed by atoms with van der Waals surface area (Å²) in [4.78, 5) is 4.59. The Morgan fingerprint density at radius 3 is 2.67 bits per heavy atom. The molecule has 0 amide bonds. The molecule has 0 spiro atoms. The van der Waals surface area contributed by atoms with Crippen LogP contribution in [-0.4, -0.2) is 27.0 Å². The minimum absolute atomic E-state index is 0.284. The van der Waals surface area contributed by atoms with E-state index in [-0.39, 0.29) is 4.21 Å². The van der Waals surface area contributed by atoms with E-state index in [9.17, 15) is 8.42 Å². The maximum Gasteiger partial charge on any atom is 0.274 e. The van der Waals surface area contributed by atoms with E-state index in [1.54, 1.807) is 11.4 Å². The second-order valence-corrected chi connectivity index (χ2v) is 5.14. The molecule has 0 radical (unpaired) electrons. The lowest BCUT2D eigenvalue weighted by molar-refractivity contribution is -0.0256. The zero-order valence-electron chi connectivity index (χ0n) is 6.72. The summed E-state index contributed by atoms with van der Waals surface area (Å²) in [5.74, 6) is 0. The molecule has 0 atom stereocenters. The molecule has 0 saturated heterocycles. The Morgan fingerprint density at radius 1 is 1.58 bits per heavy atom. The lowest BCUT2D eigenvalue weighted by Crippen LogP contribution is -2.24. The molecule has 0 saturated carbocycles. The summed E-state index contributed by atoms with van der Waals surface area (Å²) in [7, 11) is -0.749. The minimum atomic E-state index is -3.42. The van der Waals surface area contributed by atoms with Crippen LogP contribution in [-0.2, 0) is 14.9 Å². The lowest BCUT2D eigenvalue weighted by Gasteiger charge is -2.11. The Balaban J connectivity index is 3.03. The minimum Gasteiger partial charge on any atom is -0.288 e. The maximum absolute atomic E-state index is 11.4. The number of hydroxylamine groups is 1. The first-order chi connectivity index (χ1) is 5.59. The molecule has 12 heavy (non-hydrogen) atoms. The Hall–Kier alpha value is -0.430. The van der Waals surface area contributed by atoms with Crippen LogP contribution in [0, 0.1) is 0 Å². The SMILES string of the molecule is CON(C)S(=O)(=O)c1cccs1. The summed E-state index contributed by atoms with van der Waals surface area (Å²) in [5, 5.41) is 1.70. The van der Waals surface area contributed by atoms with Crippen molar-refractivity contribution < 1.29 is 13.3 Å². The zero-order valence-corrected chi connectivity index (χ0v) is 8.35. The zero-order chi connectivity index (χ0) is 9.19. The molecular formula is C6H9NO3S2. The van der Waals surface area contributed by atoms with Gasteiger partial charge in [0, 0.05) is 7.05 Å². The highest BCUT2D eigenvalue weighted by Gasteiger charge is 2.21. The summed E-state index contributed by atoms with van der Waals surface area (Å²) in [5.41, 5.74) is 0. The fourth-order valence-electron chi connectivity index (χ4n) is 0.635. The van der Waals surface area contributed by atoms with Crippen molar-refractivity contribution in [3.8, 4) is 0 Å². The van der Waals surface area contributed by atoms with Crippen molar-refractivity contribution in [3.63, 3.8) is 0 Å². The number of hydrogen-bond acceptors (Lipinski definition) is 4. The van der Waals surface area contributed by atoms with Gasteiger partial charge in [0.15, 0.2) is 0 Å². The molecule has 0 aliphatic carbocycles. The van der Waals surface area contributed by atoms with Gasteiger partial charge in [-0.3, -0.25) is 4.84 Å². The number of nitrogens with zero attached hydrogens (tertiary/aromatic N) is 1. The molecule has 0 aliphatic rings. The summed E-state index contributed by atoms with van der Waals surface area (Å²) in [6, 6.07) is 3.22. The number of rotatable bonds is 3. The first kappa shape index (κ1) is 9.66. The average Bonchev–Trinajstić information content (AvgIpc) is 2.55. The van der Waals surface area contributed by atoms with E-state index in [1.165, 1.54) is 20.2 Å². The third kappa shape index (κ3) is 1.66. The van der Waals surface area contributed by atoms with Crippen molar-refractivity contribution in [1.82, 2.24) is 4.47 Å². The monoisotopic (exact) mass is 207 g/mol. The van der Waals surface area contributed by atoms with Crippen LogP contribution >= 0.6 is 11.3 Å². The Kier molecular flexibility index (Phi) is 2.84. The maximum atomic E-state index is 11.4. The molecule has 0 aliphatic heterocycles. The predicted molar refractivity (Wildman–Crippen MR) is 46.3 cm³/mol. The van der Waals surface area contributed by atoms with Gasteiger partial charge in [0.25, 0.3) is 10.0 Å². The summed E-state index contributed by atoms with van der Waals surface area (Å²) in [6.07, 6.45) is 0. The van der Waals surface area contributed by atoms with Gasteiger partial charge in [-0.2, -0.15) is 0 Å². The van der Waals surface area contributed by atoms with Crippen LogP contribution in [0.15, 0.2) is 21.7 Å².